The third kappa shape index (κ3) is 7.05. The van der Waals surface area contributed by atoms with E-state index >= 15 is 0 Å². The summed E-state index contributed by atoms with van der Waals surface area (Å²) in [5.41, 5.74) is 3.53. The minimum atomic E-state index is -4.72. The molecule has 3 aromatic carbocycles. The Balaban J connectivity index is 1.36. The van der Waals surface area contributed by atoms with Crippen molar-refractivity contribution in [2.45, 2.75) is 45.2 Å². The molecule has 35 heavy (non-hydrogen) atoms. The van der Waals surface area contributed by atoms with Crippen LogP contribution in [0.15, 0.2) is 66.7 Å². The lowest BCUT2D eigenvalue weighted by Gasteiger charge is -2.31. The highest BCUT2D eigenvalue weighted by Crippen LogP contribution is 2.32. The predicted molar refractivity (Wildman–Crippen MR) is 127 cm³/mol. The molecular weight excluding hydrogens is 459 g/mol. The lowest BCUT2D eigenvalue weighted by atomic mass is 10.0. The van der Waals surface area contributed by atoms with E-state index in [9.17, 15) is 18.3 Å². The van der Waals surface area contributed by atoms with E-state index < -0.39 is 12.5 Å². The third-order valence-corrected chi connectivity index (χ3v) is 5.77. The van der Waals surface area contributed by atoms with Gasteiger partial charge in [-0.3, -0.25) is 0 Å². The molecule has 0 aromatic heterocycles. The Morgan fingerprint density at radius 2 is 1.54 bits per heavy atom. The van der Waals surface area contributed by atoms with E-state index in [2.05, 4.69) is 21.8 Å². The first-order valence-corrected chi connectivity index (χ1v) is 11.6. The molecule has 1 N–H and O–H groups in total. The summed E-state index contributed by atoms with van der Waals surface area (Å²) in [6, 6.07) is 19.0. The van der Waals surface area contributed by atoms with Crippen LogP contribution >= 0.6 is 0 Å². The molecule has 0 bridgehead atoms. The highest BCUT2D eigenvalue weighted by Gasteiger charge is 2.31. The summed E-state index contributed by atoms with van der Waals surface area (Å²) in [5.74, 6) is 1.49. The van der Waals surface area contributed by atoms with Crippen molar-refractivity contribution in [3.63, 3.8) is 0 Å². The molecule has 0 fully saturated rings. The minimum absolute atomic E-state index is 0.291. The van der Waals surface area contributed by atoms with Crippen LogP contribution in [0.5, 0.6) is 23.0 Å². The molecule has 3 aromatic rings. The van der Waals surface area contributed by atoms with Crippen LogP contribution in [0.1, 0.15) is 30.9 Å². The molecule has 4 rings (SSSR count). The summed E-state index contributed by atoms with van der Waals surface area (Å²) in [4.78, 5) is 2.33. The van der Waals surface area contributed by atoms with Gasteiger partial charge in [-0.25, -0.2) is 0 Å². The fourth-order valence-electron chi connectivity index (χ4n) is 3.94. The summed E-state index contributed by atoms with van der Waals surface area (Å²) in [6.45, 7) is 3.91. The quantitative estimate of drug-likeness (QED) is 0.374. The fourth-order valence-corrected chi connectivity index (χ4v) is 3.94. The zero-order chi connectivity index (χ0) is 24.8. The second kappa shape index (κ2) is 10.9. The topological polar surface area (TPSA) is 51.2 Å². The van der Waals surface area contributed by atoms with E-state index in [1.54, 1.807) is 0 Å². The lowest BCUT2D eigenvalue weighted by Crippen LogP contribution is -2.28. The van der Waals surface area contributed by atoms with Gasteiger partial charge in [0, 0.05) is 18.8 Å². The van der Waals surface area contributed by atoms with Crippen LogP contribution in [0.25, 0.3) is 0 Å². The van der Waals surface area contributed by atoms with Gasteiger partial charge in [-0.15, -0.1) is 13.2 Å². The predicted octanol–water partition coefficient (Wildman–Crippen LogP) is 6.48. The maximum absolute atomic E-state index is 12.3. The molecule has 0 spiro atoms. The molecule has 0 aliphatic carbocycles. The summed E-state index contributed by atoms with van der Waals surface area (Å²) < 4.78 is 52.2. The summed E-state index contributed by atoms with van der Waals surface area (Å²) in [7, 11) is 0. The highest BCUT2D eigenvalue weighted by atomic mass is 19.4. The number of rotatable bonds is 9. The SMILES string of the molecule is CCC(O)COc1ccc2c(c1)CCCN2Cc1ccc(Oc2ccc(OC(F)(F)F)cc2)cc1. The first-order valence-electron chi connectivity index (χ1n) is 11.6. The van der Waals surface area contributed by atoms with E-state index in [4.69, 9.17) is 9.47 Å². The number of nitrogens with zero attached hydrogens (tertiary/aromatic N) is 1. The minimum Gasteiger partial charge on any atom is -0.491 e. The molecule has 0 saturated heterocycles. The highest BCUT2D eigenvalue weighted by molar-refractivity contribution is 5.58. The molecule has 186 valence electrons. The van der Waals surface area contributed by atoms with Crippen molar-refractivity contribution < 1.29 is 32.5 Å². The number of anilines is 1. The molecule has 1 aliphatic heterocycles. The van der Waals surface area contributed by atoms with Gasteiger partial charge in [0.2, 0.25) is 0 Å². The van der Waals surface area contributed by atoms with Crippen LogP contribution in [-0.2, 0) is 13.0 Å². The molecule has 1 atom stereocenters. The van der Waals surface area contributed by atoms with E-state index in [-0.39, 0.29) is 5.75 Å². The Hall–Kier alpha value is -3.39. The Kier molecular flexibility index (Phi) is 7.70. The zero-order valence-corrected chi connectivity index (χ0v) is 19.4. The molecule has 1 heterocycles. The molecule has 5 nitrogen and oxygen atoms in total. The van der Waals surface area contributed by atoms with E-state index in [0.717, 1.165) is 37.2 Å². The van der Waals surface area contributed by atoms with Gasteiger partial charge >= 0.3 is 6.36 Å². The lowest BCUT2D eigenvalue weighted by molar-refractivity contribution is -0.274. The van der Waals surface area contributed by atoms with Crippen LogP contribution in [0.2, 0.25) is 0 Å². The summed E-state index contributed by atoms with van der Waals surface area (Å²) in [6.07, 6.45) is -2.49. The number of benzene rings is 3. The van der Waals surface area contributed by atoms with Crippen molar-refractivity contribution in [2.24, 2.45) is 0 Å². The summed E-state index contributed by atoms with van der Waals surface area (Å²) >= 11 is 0. The third-order valence-electron chi connectivity index (χ3n) is 5.77. The normalized spacial score (nSPS) is 14.3. The van der Waals surface area contributed by atoms with Crippen molar-refractivity contribution in [1.29, 1.82) is 0 Å². The van der Waals surface area contributed by atoms with Crippen molar-refractivity contribution >= 4 is 5.69 Å². The van der Waals surface area contributed by atoms with Crippen molar-refractivity contribution in [2.75, 3.05) is 18.1 Å². The average Bonchev–Trinajstić information content (AvgIpc) is 2.84. The molecule has 0 amide bonds. The van der Waals surface area contributed by atoms with Gasteiger partial charge in [-0.2, -0.15) is 0 Å². The van der Waals surface area contributed by atoms with Gasteiger partial charge in [0.1, 0.15) is 29.6 Å². The van der Waals surface area contributed by atoms with Crippen LogP contribution in [0, 0.1) is 0 Å². The second-order valence-corrected chi connectivity index (χ2v) is 8.45. The van der Waals surface area contributed by atoms with Crippen LogP contribution in [0.3, 0.4) is 0 Å². The van der Waals surface area contributed by atoms with E-state index in [0.29, 0.717) is 24.5 Å². The van der Waals surface area contributed by atoms with Gasteiger partial charge in [-0.05, 0) is 85.0 Å². The van der Waals surface area contributed by atoms with Gasteiger partial charge in [-0.1, -0.05) is 19.1 Å². The maximum Gasteiger partial charge on any atom is 0.573 e. The van der Waals surface area contributed by atoms with Crippen LogP contribution in [-0.4, -0.2) is 30.7 Å². The number of aliphatic hydroxyl groups is 1. The number of alkyl halides is 3. The van der Waals surface area contributed by atoms with E-state index in [1.807, 2.05) is 37.3 Å². The van der Waals surface area contributed by atoms with Gasteiger partial charge in [0.15, 0.2) is 0 Å². The molecular formula is C27H28F3NO4. The molecule has 1 unspecified atom stereocenters. The Morgan fingerprint density at radius 1 is 0.914 bits per heavy atom. The zero-order valence-electron chi connectivity index (χ0n) is 19.4. The van der Waals surface area contributed by atoms with Crippen molar-refractivity contribution in [3.05, 3.63) is 77.9 Å². The van der Waals surface area contributed by atoms with Crippen molar-refractivity contribution in [1.82, 2.24) is 0 Å². The number of fused-ring (bicyclic) bond motifs is 1. The number of hydrogen-bond donors (Lipinski definition) is 1. The molecule has 0 saturated carbocycles. The Bertz CT molecular complexity index is 1100. The molecule has 0 radical (unpaired) electrons. The second-order valence-electron chi connectivity index (χ2n) is 8.45. The largest absolute Gasteiger partial charge is 0.573 e. The van der Waals surface area contributed by atoms with Gasteiger partial charge in [0.25, 0.3) is 0 Å². The monoisotopic (exact) mass is 487 g/mol. The van der Waals surface area contributed by atoms with E-state index in [1.165, 1.54) is 35.5 Å². The number of hydrogen-bond acceptors (Lipinski definition) is 5. The number of halogens is 3. The van der Waals surface area contributed by atoms with Crippen LogP contribution < -0.4 is 19.1 Å². The first-order chi connectivity index (χ1) is 16.8. The number of ether oxygens (including phenoxy) is 3. The number of aliphatic hydroxyl groups excluding tert-OH is 1. The van der Waals surface area contributed by atoms with Crippen molar-refractivity contribution in [3.8, 4) is 23.0 Å². The molecule has 1 aliphatic rings. The van der Waals surface area contributed by atoms with Gasteiger partial charge < -0.3 is 24.2 Å². The Labute approximate surface area is 202 Å². The standard InChI is InChI=1S/C27H28F3NO4/c1-2-21(32)18-33-25-13-14-26-20(16-25)4-3-15-31(26)17-19-5-7-22(8-6-19)34-23-9-11-24(12-10-23)35-27(28,29)30/h5-14,16,21,32H,2-4,15,17-18H2,1H3. The summed E-state index contributed by atoms with van der Waals surface area (Å²) in [5, 5.41) is 9.73. The van der Waals surface area contributed by atoms with Crippen LogP contribution in [0.4, 0.5) is 18.9 Å². The number of aryl methyl sites for hydroxylation is 1. The smallest absolute Gasteiger partial charge is 0.491 e. The Morgan fingerprint density at radius 3 is 2.20 bits per heavy atom. The first kappa shape index (κ1) is 24.7. The maximum atomic E-state index is 12.3. The van der Waals surface area contributed by atoms with Gasteiger partial charge in [0.05, 0.1) is 6.10 Å². The molecule has 8 heteroatoms. The fraction of sp³-hybridized carbons (Fsp3) is 0.333. The average molecular weight is 488 g/mol.